The van der Waals surface area contributed by atoms with E-state index < -0.39 is 0 Å². The molecular weight excluding hydrogens is 386 g/mol. The molecule has 3 rings (SSSR count). The van der Waals surface area contributed by atoms with Crippen LogP contribution in [0.1, 0.15) is 74.2 Å². The van der Waals surface area contributed by atoms with Crippen molar-refractivity contribution in [2.45, 2.75) is 65.5 Å². The van der Waals surface area contributed by atoms with Crippen LogP contribution in [0.4, 0.5) is 0 Å². The molecule has 0 aliphatic heterocycles. The van der Waals surface area contributed by atoms with Gasteiger partial charge >= 0.3 is 0 Å². The Morgan fingerprint density at radius 1 is 1.03 bits per heavy atom. The van der Waals surface area contributed by atoms with E-state index in [2.05, 4.69) is 6.92 Å². The van der Waals surface area contributed by atoms with Crippen molar-refractivity contribution >= 4 is 16.8 Å². The first-order chi connectivity index (χ1) is 15.0. The van der Waals surface area contributed by atoms with E-state index >= 15 is 0 Å². The van der Waals surface area contributed by atoms with Crippen LogP contribution in [-0.2, 0) is 13.0 Å². The van der Waals surface area contributed by atoms with Crippen molar-refractivity contribution in [1.29, 1.82) is 0 Å². The van der Waals surface area contributed by atoms with E-state index in [-0.39, 0.29) is 17.5 Å². The second kappa shape index (κ2) is 10.4. The maximum atomic E-state index is 13.2. The average Bonchev–Trinajstić information content (AvgIpc) is 2.80. The number of nitrogens with zero attached hydrogens (tertiary/aromatic N) is 3. The lowest BCUT2D eigenvalue weighted by molar-refractivity contribution is 0.0733. The number of carbonyl (C=O) groups excluding carboxylic acids is 1. The van der Waals surface area contributed by atoms with Crippen molar-refractivity contribution in [2.75, 3.05) is 7.05 Å². The molecule has 0 radical (unpaired) electrons. The number of hydrogen-bond acceptors (Lipinski definition) is 3. The minimum absolute atomic E-state index is 0.0495. The van der Waals surface area contributed by atoms with E-state index in [0.717, 1.165) is 12.8 Å². The van der Waals surface area contributed by atoms with Crippen molar-refractivity contribution in [3.05, 3.63) is 75.8 Å². The van der Waals surface area contributed by atoms with Gasteiger partial charge in [0.2, 0.25) is 0 Å². The molecule has 1 atom stereocenters. The first-order valence-electron chi connectivity index (χ1n) is 11.3. The third-order valence-corrected chi connectivity index (χ3v) is 5.88. The molecule has 1 heterocycles. The van der Waals surface area contributed by atoms with E-state index in [1.54, 1.807) is 16.5 Å². The standard InChI is InChI=1S/C26H33N3O2/c1-5-7-8-11-20-14-16-21(17-15-20)25(30)28(4)19(3)24-27-23-13-10-9-12-22(23)26(31)29(24)18-6-2/h9-10,12-17,19H,5-8,11,18H2,1-4H3. The molecule has 0 N–H and O–H groups in total. The molecule has 0 fully saturated rings. The molecule has 0 bridgehead atoms. The SMILES string of the molecule is CCCCCc1ccc(C(=O)N(C)C(C)c2nc3ccccc3c(=O)n2CCC)cc1. The van der Waals surface area contributed by atoms with E-state index in [0.29, 0.717) is 28.8 Å². The molecule has 1 unspecified atom stereocenters. The quantitative estimate of drug-likeness (QED) is 0.438. The summed E-state index contributed by atoms with van der Waals surface area (Å²) in [6, 6.07) is 15.0. The molecule has 0 aliphatic rings. The smallest absolute Gasteiger partial charge is 0.261 e. The van der Waals surface area contributed by atoms with Gasteiger partial charge in [0.1, 0.15) is 5.82 Å². The summed E-state index contributed by atoms with van der Waals surface area (Å²) in [7, 11) is 1.78. The number of benzene rings is 2. The summed E-state index contributed by atoms with van der Waals surface area (Å²) in [6.07, 6.45) is 5.45. The number of carbonyl (C=O) groups is 1. The summed E-state index contributed by atoms with van der Waals surface area (Å²) in [5.74, 6) is 0.552. The largest absolute Gasteiger partial charge is 0.332 e. The number of fused-ring (bicyclic) bond motifs is 1. The van der Waals surface area contributed by atoms with Crippen LogP contribution in [-0.4, -0.2) is 27.4 Å². The van der Waals surface area contributed by atoms with Gasteiger partial charge in [-0.1, -0.05) is 51.0 Å². The van der Waals surface area contributed by atoms with Crippen LogP contribution in [0.15, 0.2) is 53.3 Å². The van der Waals surface area contributed by atoms with Crippen LogP contribution >= 0.6 is 0 Å². The molecule has 5 heteroatoms. The Labute approximate surface area is 184 Å². The van der Waals surface area contributed by atoms with Crippen LogP contribution in [0.2, 0.25) is 0 Å². The first-order valence-corrected chi connectivity index (χ1v) is 11.3. The van der Waals surface area contributed by atoms with Crippen molar-refractivity contribution < 1.29 is 4.79 Å². The second-order valence-electron chi connectivity index (χ2n) is 8.19. The zero-order chi connectivity index (χ0) is 22.4. The summed E-state index contributed by atoms with van der Waals surface area (Å²) >= 11 is 0. The average molecular weight is 420 g/mol. The number of amides is 1. The Kier molecular flexibility index (Phi) is 7.61. The second-order valence-corrected chi connectivity index (χ2v) is 8.19. The van der Waals surface area contributed by atoms with Gasteiger partial charge in [0.15, 0.2) is 0 Å². The predicted octanol–water partition coefficient (Wildman–Crippen LogP) is 5.37. The fraction of sp³-hybridized carbons (Fsp3) is 0.423. The summed E-state index contributed by atoms with van der Waals surface area (Å²) in [5.41, 5.74) is 2.53. The van der Waals surface area contributed by atoms with E-state index in [9.17, 15) is 9.59 Å². The summed E-state index contributed by atoms with van der Waals surface area (Å²) in [4.78, 5) is 32.7. The molecular formula is C26H33N3O2. The van der Waals surface area contributed by atoms with Gasteiger partial charge in [-0.2, -0.15) is 0 Å². The number of hydrogen-bond donors (Lipinski definition) is 0. The van der Waals surface area contributed by atoms with Gasteiger partial charge in [-0.3, -0.25) is 14.2 Å². The maximum Gasteiger partial charge on any atom is 0.261 e. The molecule has 164 valence electrons. The zero-order valence-electron chi connectivity index (χ0n) is 19.1. The lowest BCUT2D eigenvalue weighted by Gasteiger charge is -2.27. The Hall–Kier alpha value is -2.95. The number of para-hydroxylation sites is 1. The summed E-state index contributed by atoms with van der Waals surface area (Å²) < 4.78 is 1.72. The van der Waals surface area contributed by atoms with Gasteiger partial charge < -0.3 is 4.90 Å². The van der Waals surface area contributed by atoms with Crippen LogP contribution in [0, 0.1) is 0 Å². The Bertz CT molecular complexity index is 1090. The van der Waals surface area contributed by atoms with Gasteiger partial charge in [0, 0.05) is 19.2 Å². The van der Waals surface area contributed by atoms with Gasteiger partial charge in [-0.05, 0) is 56.0 Å². The molecule has 0 spiro atoms. The predicted molar refractivity (Wildman–Crippen MR) is 126 cm³/mol. The third-order valence-electron chi connectivity index (χ3n) is 5.88. The number of unbranched alkanes of at least 4 members (excludes halogenated alkanes) is 2. The van der Waals surface area contributed by atoms with Crippen molar-refractivity contribution in [3.63, 3.8) is 0 Å². The van der Waals surface area contributed by atoms with Crippen LogP contribution < -0.4 is 5.56 Å². The fourth-order valence-corrected chi connectivity index (χ4v) is 3.89. The van der Waals surface area contributed by atoms with Gasteiger partial charge in [-0.15, -0.1) is 0 Å². The first kappa shape index (κ1) is 22.7. The molecule has 0 saturated heterocycles. The molecule has 5 nitrogen and oxygen atoms in total. The van der Waals surface area contributed by atoms with Crippen molar-refractivity contribution in [1.82, 2.24) is 14.5 Å². The van der Waals surface area contributed by atoms with E-state index in [1.165, 1.54) is 24.8 Å². The normalized spacial score (nSPS) is 12.1. The van der Waals surface area contributed by atoms with Gasteiger partial charge in [-0.25, -0.2) is 4.98 Å². The van der Waals surface area contributed by atoms with Crippen LogP contribution in [0.5, 0.6) is 0 Å². The molecule has 1 aromatic heterocycles. The molecule has 0 aliphatic carbocycles. The van der Waals surface area contributed by atoms with Gasteiger partial charge in [0.25, 0.3) is 11.5 Å². The lowest BCUT2D eigenvalue weighted by atomic mass is 10.0. The molecule has 2 aromatic carbocycles. The topological polar surface area (TPSA) is 55.2 Å². The highest BCUT2D eigenvalue weighted by Gasteiger charge is 2.24. The molecule has 0 saturated carbocycles. The molecule has 31 heavy (non-hydrogen) atoms. The zero-order valence-corrected chi connectivity index (χ0v) is 19.1. The fourth-order valence-electron chi connectivity index (χ4n) is 3.89. The highest BCUT2D eigenvalue weighted by atomic mass is 16.2. The maximum absolute atomic E-state index is 13.2. The molecule has 1 amide bonds. The van der Waals surface area contributed by atoms with Gasteiger partial charge in [0.05, 0.1) is 16.9 Å². The van der Waals surface area contributed by atoms with Crippen molar-refractivity contribution in [3.8, 4) is 0 Å². The summed E-state index contributed by atoms with van der Waals surface area (Å²) in [5, 5.41) is 0.611. The van der Waals surface area contributed by atoms with E-state index in [4.69, 9.17) is 4.98 Å². The summed E-state index contributed by atoms with van der Waals surface area (Å²) in [6.45, 7) is 6.74. The number of aryl methyl sites for hydroxylation is 1. The van der Waals surface area contributed by atoms with Crippen molar-refractivity contribution in [2.24, 2.45) is 0 Å². The van der Waals surface area contributed by atoms with Crippen LogP contribution in [0.3, 0.4) is 0 Å². The van der Waals surface area contributed by atoms with Crippen LogP contribution in [0.25, 0.3) is 10.9 Å². The Morgan fingerprint density at radius 3 is 2.42 bits per heavy atom. The Morgan fingerprint density at radius 2 is 1.74 bits per heavy atom. The van der Waals surface area contributed by atoms with E-state index in [1.807, 2.05) is 62.4 Å². The minimum Gasteiger partial charge on any atom is -0.332 e. The highest BCUT2D eigenvalue weighted by molar-refractivity contribution is 5.94. The molecule has 3 aromatic rings. The third kappa shape index (κ3) is 5.04. The number of rotatable bonds is 9. The Balaban J connectivity index is 1.87. The lowest BCUT2D eigenvalue weighted by Crippen LogP contribution is -2.35. The minimum atomic E-state index is -0.333. The monoisotopic (exact) mass is 419 g/mol. The number of aromatic nitrogens is 2. The highest BCUT2D eigenvalue weighted by Crippen LogP contribution is 2.21.